The molecule has 5 heteroatoms. The third-order valence-electron chi connectivity index (χ3n) is 2.33. The molecule has 1 N–H and O–H groups in total. The van der Waals surface area contributed by atoms with E-state index in [4.69, 9.17) is 23.2 Å². The highest BCUT2D eigenvalue weighted by Gasteiger charge is 2.09. The Bertz CT molecular complexity index is 584. The van der Waals surface area contributed by atoms with Crippen LogP contribution in [-0.4, -0.2) is 5.91 Å². The van der Waals surface area contributed by atoms with Crippen LogP contribution < -0.4 is 5.32 Å². The lowest BCUT2D eigenvalue weighted by Crippen LogP contribution is -2.12. The van der Waals surface area contributed by atoms with E-state index in [1.54, 1.807) is 42.5 Å². The Hall–Kier alpha value is -1.16. The van der Waals surface area contributed by atoms with Gasteiger partial charge in [0.05, 0.1) is 15.7 Å². The molecule has 1 amide bonds. The average molecular weight is 298 g/mol. The molecule has 0 heterocycles. The predicted molar refractivity (Wildman–Crippen MR) is 78.1 cm³/mol. The highest BCUT2D eigenvalue weighted by Crippen LogP contribution is 2.29. The summed E-state index contributed by atoms with van der Waals surface area (Å²) < 4.78 is 0. The molecule has 0 fully saturated rings. The first kappa shape index (κ1) is 13.3. The van der Waals surface area contributed by atoms with Gasteiger partial charge in [-0.1, -0.05) is 29.3 Å². The molecule has 0 aliphatic heterocycles. The number of halogens is 2. The molecule has 2 rings (SSSR count). The zero-order chi connectivity index (χ0) is 13.1. The van der Waals surface area contributed by atoms with Gasteiger partial charge in [0, 0.05) is 10.5 Å². The lowest BCUT2D eigenvalue weighted by atomic mass is 10.2. The van der Waals surface area contributed by atoms with Gasteiger partial charge in [-0.3, -0.25) is 4.79 Å². The fourth-order valence-electron chi connectivity index (χ4n) is 1.41. The van der Waals surface area contributed by atoms with Crippen LogP contribution >= 0.6 is 35.8 Å². The fraction of sp³-hybridized carbons (Fsp3) is 0. The SMILES string of the molecule is O=C(Nc1cccc(Cl)c1Cl)c1ccc(S)cc1. The summed E-state index contributed by atoms with van der Waals surface area (Å²) in [5.74, 6) is -0.243. The van der Waals surface area contributed by atoms with Crippen LogP contribution in [0.15, 0.2) is 47.4 Å². The maximum Gasteiger partial charge on any atom is 0.255 e. The quantitative estimate of drug-likeness (QED) is 0.783. The number of nitrogens with one attached hydrogen (secondary N) is 1. The van der Waals surface area contributed by atoms with E-state index in [1.165, 1.54) is 0 Å². The van der Waals surface area contributed by atoms with Crippen molar-refractivity contribution in [3.8, 4) is 0 Å². The number of anilines is 1. The van der Waals surface area contributed by atoms with Crippen molar-refractivity contribution in [2.75, 3.05) is 5.32 Å². The second-order valence-electron chi connectivity index (χ2n) is 3.60. The molecule has 2 aromatic rings. The molecule has 0 aliphatic carbocycles. The normalized spacial score (nSPS) is 10.2. The van der Waals surface area contributed by atoms with E-state index >= 15 is 0 Å². The van der Waals surface area contributed by atoms with Crippen molar-refractivity contribution in [2.45, 2.75) is 4.90 Å². The maximum absolute atomic E-state index is 12.0. The Balaban J connectivity index is 2.21. The number of rotatable bonds is 2. The lowest BCUT2D eigenvalue weighted by Gasteiger charge is -2.08. The summed E-state index contributed by atoms with van der Waals surface area (Å²) in [6.45, 7) is 0. The first-order chi connectivity index (χ1) is 8.58. The molecule has 0 radical (unpaired) electrons. The van der Waals surface area contributed by atoms with Gasteiger partial charge in [0.15, 0.2) is 0 Å². The third-order valence-corrected chi connectivity index (χ3v) is 3.45. The summed E-state index contributed by atoms with van der Waals surface area (Å²) in [5, 5.41) is 3.44. The summed E-state index contributed by atoms with van der Waals surface area (Å²) in [5.41, 5.74) is 1.02. The summed E-state index contributed by atoms with van der Waals surface area (Å²) in [6, 6.07) is 12.0. The average Bonchev–Trinajstić information content (AvgIpc) is 2.36. The van der Waals surface area contributed by atoms with Crippen molar-refractivity contribution >= 4 is 47.4 Å². The zero-order valence-electron chi connectivity index (χ0n) is 9.15. The predicted octanol–water partition coefficient (Wildman–Crippen LogP) is 4.53. The first-order valence-corrected chi connectivity index (χ1v) is 6.32. The van der Waals surface area contributed by atoms with E-state index in [1.807, 2.05) is 0 Å². The third kappa shape index (κ3) is 2.99. The van der Waals surface area contributed by atoms with Gasteiger partial charge < -0.3 is 5.32 Å². The number of thiol groups is 1. The van der Waals surface area contributed by atoms with Crippen LogP contribution in [0.25, 0.3) is 0 Å². The van der Waals surface area contributed by atoms with Crippen LogP contribution in [0.5, 0.6) is 0 Å². The van der Waals surface area contributed by atoms with Gasteiger partial charge in [0.2, 0.25) is 0 Å². The van der Waals surface area contributed by atoms with Crippen LogP contribution in [0.4, 0.5) is 5.69 Å². The minimum absolute atomic E-state index is 0.243. The highest BCUT2D eigenvalue weighted by atomic mass is 35.5. The van der Waals surface area contributed by atoms with E-state index in [0.717, 1.165) is 4.90 Å². The van der Waals surface area contributed by atoms with Crippen molar-refractivity contribution in [1.29, 1.82) is 0 Å². The van der Waals surface area contributed by atoms with Gasteiger partial charge in [-0.2, -0.15) is 0 Å². The fourth-order valence-corrected chi connectivity index (χ4v) is 1.90. The van der Waals surface area contributed by atoms with E-state index in [0.29, 0.717) is 21.3 Å². The van der Waals surface area contributed by atoms with Crippen molar-refractivity contribution in [1.82, 2.24) is 0 Å². The van der Waals surface area contributed by atoms with Gasteiger partial charge >= 0.3 is 0 Å². The lowest BCUT2D eigenvalue weighted by molar-refractivity contribution is 0.102. The molecule has 2 nitrogen and oxygen atoms in total. The van der Waals surface area contributed by atoms with Crippen molar-refractivity contribution in [3.63, 3.8) is 0 Å². The molecule has 0 aromatic heterocycles. The summed E-state index contributed by atoms with van der Waals surface area (Å²) in [7, 11) is 0. The summed E-state index contributed by atoms with van der Waals surface area (Å²) in [4.78, 5) is 12.7. The number of hydrogen-bond donors (Lipinski definition) is 2. The molecule has 0 spiro atoms. The zero-order valence-corrected chi connectivity index (χ0v) is 11.6. The molecular weight excluding hydrogens is 289 g/mol. The molecule has 18 heavy (non-hydrogen) atoms. The summed E-state index contributed by atoms with van der Waals surface area (Å²) in [6.07, 6.45) is 0. The second-order valence-corrected chi connectivity index (χ2v) is 4.90. The van der Waals surface area contributed by atoms with Gasteiger partial charge in [0.25, 0.3) is 5.91 Å². The van der Waals surface area contributed by atoms with Crippen molar-refractivity contribution in [3.05, 3.63) is 58.1 Å². The van der Waals surface area contributed by atoms with Crippen molar-refractivity contribution < 1.29 is 4.79 Å². The molecular formula is C13H9Cl2NOS. The van der Waals surface area contributed by atoms with Crippen LogP contribution in [0.1, 0.15) is 10.4 Å². The molecule has 2 aromatic carbocycles. The standard InChI is InChI=1S/C13H9Cl2NOS/c14-10-2-1-3-11(12(10)15)16-13(17)8-4-6-9(18)7-5-8/h1-7,18H,(H,16,17). The van der Waals surface area contributed by atoms with Crippen LogP contribution in [0, 0.1) is 0 Å². The molecule has 0 saturated carbocycles. The number of hydrogen-bond acceptors (Lipinski definition) is 2. The molecule has 0 unspecified atom stereocenters. The van der Waals surface area contributed by atoms with E-state index in [2.05, 4.69) is 17.9 Å². The smallest absolute Gasteiger partial charge is 0.255 e. The number of amides is 1. The Morgan fingerprint density at radius 2 is 1.72 bits per heavy atom. The Kier molecular flexibility index (Phi) is 4.17. The van der Waals surface area contributed by atoms with Gasteiger partial charge in [-0.05, 0) is 36.4 Å². The van der Waals surface area contributed by atoms with Crippen LogP contribution in [0.3, 0.4) is 0 Å². The van der Waals surface area contributed by atoms with E-state index < -0.39 is 0 Å². The maximum atomic E-state index is 12.0. The highest BCUT2D eigenvalue weighted by molar-refractivity contribution is 7.80. The minimum Gasteiger partial charge on any atom is -0.321 e. The van der Waals surface area contributed by atoms with Gasteiger partial charge in [-0.15, -0.1) is 12.6 Å². The van der Waals surface area contributed by atoms with Gasteiger partial charge in [0.1, 0.15) is 0 Å². The first-order valence-electron chi connectivity index (χ1n) is 5.12. The molecule has 92 valence electrons. The monoisotopic (exact) mass is 297 g/mol. The largest absolute Gasteiger partial charge is 0.321 e. The molecule has 0 bridgehead atoms. The van der Waals surface area contributed by atoms with E-state index in [9.17, 15) is 4.79 Å². The number of benzene rings is 2. The van der Waals surface area contributed by atoms with E-state index in [-0.39, 0.29) is 5.91 Å². The van der Waals surface area contributed by atoms with Crippen LogP contribution in [-0.2, 0) is 0 Å². The molecule has 0 saturated heterocycles. The minimum atomic E-state index is -0.243. The van der Waals surface area contributed by atoms with Gasteiger partial charge in [-0.25, -0.2) is 0 Å². The number of carbonyl (C=O) groups excluding carboxylic acids is 1. The van der Waals surface area contributed by atoms with Crippen LogP contribution in [0.2, 0.25) is 10.0 Å². The molecule has 0 atom stereocenters. The molecule has 0 aliphatic rings. The summed E-state index contributed by atoms with van der Waals surface area (Å²) >= 11 is 16.0. The second kappa shape index (κ2) is 5.65. The topological polar surface area (TPSA) is 29.1 Å². The Morgan fingerprint density at radius 3 is 2.39 bits per heavy atom. The number of carbonyl (C=O) groups is 1. The Labute approximate surface area is 120 Å². The Morgan fingerprint density at radius 1 is 1.06 bits per heavy atom. The van der Waals surface area contributed by atoms with Crippen molar-refractivity contribution in [2.24, 2.45) is 0 Å².